The van der Waals surface area contributed by atoms with Crippen LogP contribution in [0.15, 0.2) is 11.6 Å². The van der Waals surface area contributed by atoms with Crippen molar-refractivity contribution in [3.05, 3.63) is 11.6 Å². The predicted molar refractivity (Wildman–Crippen MR) is 42.7 cm³/mol. The first-order valence-electron chi connectivity index (χ1n) is 4.29. The van der Waals surface area contributed by atoms with Crippen LogP contribution in [0, 0.1) is 11.8 Å². The zero-order valence-electron chi connectivity index (χ0n) is 6.55. The number of carbonyl (C=O) groups excluding carboxylic acids is 1. The first kappa shape index (κ1) is 6.89. The summed E-state index contributed by atoms with van der Waals surface area (Å²) in [6.45, 7) is 0. The van der Waals surface area contributed by atoms with Crippen molar-refractivity contribution in [3.63, 3.8) is 0 Å². The Hall–Kier alpha value is -0.790. The highest BCUT2D eigenvalue weighted by Crippen LogP contribution is 2.43. The molecule has 1 fully saturated rings. The second-order valence-corrected chi connectivity index (χ2v) is 3.56. The van der Waals surface area contributed by atoms with Crippen molar-refractivity contribution in [1.29, 1.82) is 0 Å². The standard InChI is InChI=1S/C9H13NO/c10-9(11)8-5-4-6-2-1-3-7(6)8/h5-7H,1-4H2,(H2,10,11). The van der Waals surface area contributed by atoms with E-state index in [1.165, 1.54) is 19.3 Å². The lowest BCUT2D eigenvalue weighted by Gasteiger charge is -2.10. The molecule has 11 heavy (non-hydrogen) atoms. The molecule has 2 aliphatic carbocycles. The number of fused-ring (bicyclic) bond motifs is 1. The summed E-state index contributed by atoms with van der Waals surface area (Å²) in [6, 6.07) is 0. The number of carbonyl (C=O) groups is 1. The molecule has 0 aromatic rings. The van der Waals surface area contributed by atoms with Gasteiger partial charge in [-0.15, -0.1) is 0 Å². The van der Waals surface area contributed by atoms with Crippen LogP contribution in [-0.2, 0) is 4.79 Å². The number of primary amides is 1. The molecule has 2 unspecified atom stereocenters. The zero-order chi connectivity index (χ0) is 7.84. The van der Waals surface area contributed by atoms with E-state index in [4.69, 9.17) is 5.73 Å². The van der Waals surface area contributed by atoms with Gasteiger partial charge in [0, 0.05) is 5.57 Å². The van der Waals surface area contributed by atoms with Gasteiger partial charge in [-0.2, -0.15) is 0 Å². The van der Waals surface area contributed by atoms with Gasteiger partial charge < -0.3 is 5.73 Å². The lowest BCUT2D eigenvalue weighted by Crippen LogP contribution is -2.18. The average Bonchev–Trinajstić information content (AvgIpc) is 2.41. The predicted octanol–water partition coefficient (Wildman–Crippen LogP) is 1.22. The number of rotatable bonds is 1. The van der Waals surface area contributed by atoms with Crippen molar-refractivity contribution >= 4 is 5.91 Å². The maximum atomic E-state index is 10.9. The van der Waals surface area contributed by atoms with E-state index in [0.717, 1.165) is 17.9 Å². The smallest absolute Gasteiger partial charge is 0.244 e. The Balaban J connectivity index is 2.18. The van der Waals surface area contributed by atoms with Crippen LogP contribution in [0.5, 0.6) is 0 Å². The van der Waals surface area contributed by atoms with Gasteiger partial charge in [-0.3, -0.25) is 4.79 Å². The molecule has 2 N–H and O–H groups in total. The second kappa shape index (κ2) is 2.36. The van der Waals surface area contributed by atoms with Gasteiger partial charge in [0.2, 0.25) is 5.91 Å². The number of allylic oxidation sites excluding steroid dienone is 1. The van der Waals surface area contributed by atoms with Crippen LogP contribution >= 0.6 is 0 Å². The van der Waals surface area contributed by atoms with Gasteiger partial charge in [0.15, 0.2) is 0 Å². The summed E-state index contributed by atoms with van der Waals surface area (Å²) in [6.07, 6.45) is 6.87. The van der Waals surface area contributed by atoms with Crippen LogP contribution in [0.1, 0.15) is 25.7 Å². The van der Waals surface area contributed by atoms with E-state index in [-0.39, 0.29) is 5.91 Å². The SMILES string of the molecule is NC(=O)C1=CCC2CCCC12. The van der Waals surface area contributed by atoms with Gasteiger partial charge in [-0.1, -0.05) is 12.5 Å². The average molecular weight is 151 g/mol. The van der Waals surface area contributed by atoms with E-state index >= 15 is 0 Å². The van der Waals surface area contributed by atoms with Crippen molar-refractivity contribution in [2.24, 2.45) is 17.6 Å². The molecule has 2 heteroatoms. The van der Waals surface area contributed by atoms with Crippen molar-refractivity contribution in [1.82, 2.24) is 0 Å². The summed E-state index contributed by atoms with van der Waals surface area (Å²) in [5.41, 5.74) is 6.16. The molecule has 0 aromatic carbocycles. The summed E-state index contributed by atoms with van der Waals surface area (Å²) >= 11 is 0. The number of amides is 1. The molecule has 0 aromatic heterocycles. The van der Waals surface area contributed by atoms with Gasteiger partial charge in [0.25, 0.3) is 0 Å². The van der Waals surface area contributed by atoms with Gasteiger partial charge in [0.1, 0.15) is 0 Å². The lowest BCUT2D eigenvalue weighted by molar-refractivity contribution is -0.115. The van der Waals surface area contributed by atoms with Crippen LogP contribution in [0.2, 0.25) is 0 Å². The third-order valence-corrected chi connectivity index (χ3v) is 2.98. The van der Waals surface area contributed by atoms with Crippen LogP contribution in [0.3, 0.4) is 0 Å². The zero-order valence-corrected chi connectivity index (χ0v) is 6.55. The fourth-order valence-electron chi connectivity index (χ4n) is 2.44. The molecule has 0 spiro atoms. The van der Waals surface area contributed by atoms with Crippen LogP contribution in [-0.4, -0.2) is 5.91 Å². The fraction of sp³-hybridized carbons (Fsp3) is 0.667. The molecule has 0 aliphatic heterocycles. The van der Waals surface area contributed by atoms with Crippen molar-refractivity contribution in [2.75, 3.05) is 0 Å². The molecule has 1 amide bonds. The molecule has 2 nitrogen and oxygen atoms in total. The monoisotopic (exact) mass is 151 g/mol. The lowest BCUT2D eigenvalue weighted by atomic mass is 9.94. The number of nitrogens with two attached hydrogens (primary N) is 1. The van der Waals surface area contributed by atoms with Crippen molar-refractivity contribution in [2.45, 2.75) is 25.7 Å². The maximum Gasteiger partial charge on any atom is 0.244 e. The Morgan fingerprint density at radius 1 is 1.55 bits per heavy atom. The Kier molecular flexibility index (Phi) is 1.48. The molecule has 0 radical (unpaired) electrons. The topological polar surface area (TPSA) is 43.1 Å². The second-order valence-electron chi connectivity index (χ2n) is 3.56. The fourth-order valence-corrected chi connectivity index (χ4v) is 2.44. The maximum absolute atomic E-state index is 10.9. The number of hydrogen-bond acceptors (Lipinski definition) is 1. The highest BCUT2D eigenvalue weighted by Gasteiger charge is 2.35. The van der Waals surface area contributed by atoms with Crippen molar-refractivity contribution < 1.29 is 4.79 Å². The van der Waals surface area contributed by atoms with Crippen molar-refractivity contribution in [3.8, 4) is 0 Å². The number of hydrogen-bond donors (Lipinski definition) is 1. The largest absolute Gasteiger partial charge is 0.366 e. The minimum atomic E-state index is -0.195. The molecular formula is C9H13NO. The van der Waals surface area contributed by atoms with Gasteiger partial charge in [-0.05, 0) is 31.1 Å². The van der Waals surface area contributed by atoms with E-state index in [1.54, 1.807) is 0 Å². The Morgan fingerprint density at radius 3 is 3.09 bits per heavy atom. The quantitative estimate of drug-likeness (QED) is 0.601. The van der Waals surface area contributed by atoms with E-state index in [9.17, 15) is 4.79 Å². The van der Waals surface area contributed by atoms with Gasteiger partial charge in [-0.25, -0.2) is 0 Å². The Labute approximate surface area is 66.5 Å². The Bertz CT molecular complexity index is 220. The molecule has 1 saturated carbocycles. The van der Waals surface area contributed by atoms with Gasteiger partial charge >= 0.3 is 0 Å². The molecule has 2 atom stereocenters. The molecular weight excluding hydrogens is 138 g/mol. The normalized spacial score (nSPS) is 35.1. The third kappa shape index (κ3) is 0.971. The summed E-state index contributed by atoms with van der Waals surface area (Å²) < 4.78 is 0. The summed E-state index contributed by atoms with van der Waals surface area (Å²) in [7, 11) is 0. The third-order valence-electron chi connectivity index (χ3n) is 2.98. The highest BCUT2D eigenvalue weighted by atomic mass is 16.1. The van der Waals surface area contributed by atoms with Crippen LogP contribution in [0.4, 0.5) is 0 Å². The Morgan fingerprint density at radius 2 is 2.36 bits per heavy atom. The van der Waals surface area contributed by atoms with E-state index in [0.29, 0.717) is 5.92 Å². The first-order chi connectivity index (χ1) is 5.29. The van der Waals surface area contributed by atoms with E-state index < -0.39 is 0 Å². The van der Waals surface area contributed by atoms with E-state index in [2.05, 4.69) is 0 Å². The molecule has 2 rings (SSSR count). The molecule has 2 aliphatic rings. The molecule has 0 bridgehead atoms. The molecule has 0 heterocycles. The summed E-state index contributed by atoms with van der Waals surface area (Å²) in [5.74, 6) is 1.07. The first-order valence-corrected chi connectivity index (χ1v) is 4.29. The summed E-state index contributed by atoms with van der Waals surface area (Å²) in [5, 5.41) is 0. The van der Waals surface area contributed by atoms with Gasteiger partial charge in [0.05, 0.1) is 0 Å². The van der Waals surface area contributed by atoms with E-state index in [1.807, 2.05) is 6.08 Å². The highest BCUT2D eigenvalue weighted by molar-refractivity contribution is 5.93. The summed E-state index contributed by atoms with van der Waals surface area (Å²) in [4.78, 5) is 10.9. The van der Waals surface area contributed by atoms with Crippen LogP contribution < -0.4 is 5.73 Å². The molecule has 0 saturated heterocycles. The minimum absolute atomic E-state index is 0.195. The minimum Gasteiger partial charge on any atom is -0.366 e. The van der Waals surface area contributed by atoms with Crippen LogP contribution in [0.25, 0.3) is 0 Å². The molecule has 60 valence electrons.